The Balaban J connectivity index is 1.47. The summed E-state index contributed by atoms with van der Waals surface area (Å²) in [5, 5.41) is 9.96. The summed E-state index contributed by atoms with van der Waals surface area (Å²) in [6.45, 7) is 5.10. The van der Waals surface area contributed by atoms with E-state index in [4.69, 9.17) is 4.74 Å². The van der Waals surface area contributed by atoms with Gasteiger partial charge in [0, 0.05) is 19.6 Å². The van der Waals surface area contributed by atoms with Gasteiger partial charge in [-0.25, -0.2) is 0 Å². The van der Waals surface area contributed by atoms with Gasteiger partial charge >= 0.3 is 0 Å². The van der Waals surface area contributed by atoms with Gasteiger partial charge in [-0.2, -0.15) is 0 Å². The second kappa shape index (κ2) is 4.77. The fourth-order valence-electron chi connectivity index (χ4n) is 3.92. The summed E-state index contributed by atoms with van der Waals surface area (Å²) >= 11 is 0. The molecular weight excluding hydrogens is 226 g/mol. The van der Waals surface area contributed by atoms with Gasteiger partial charge in [0.05, 0.1) is 17.3 Å². The molecule has 3 aliphatic rings. The van der Waals surface area contributed by atoms with Crippen LogP contribution < -0.4 is 0 Å². The summed E-state index contributed by atoms with van der Waals surface area (Å²) in [5.74, 6) is 0. The molecule has 0 radical (unpaired) electrons. The Morgan fingerprint density at radius 3 is 2.44 bits per heavy atom. The van der Waals surface area contributed by atoms with Crippen LogP contribution in [-0.2, 0) is 4.74 Å². The molecule has 0 aromatic carbocycles. The Kier molecular flexibility index (Phi) is 3.41. The van der Waals surface area contributed by atoms with Crippen LogP contribution in [-0.4, -0.2) is 46.9 Å². The van der Waals surface area contributed by atoms with Crippen molar-refractivity contribution in [1.82, 2.24) is 4.90 Å². The Morgan fingerprint density at radius 2 is 1.78 bits per heavy atom. The van der Waals surface area contributed by atoms with Gasteiger partial charge in [0.15, 0.2) is 0 Å². The summed E-state index contributed by atoms with van der Waals surface area (Å²) in [7, 11) is 0. The van der Waals surface area contributed by atoms with E-state index < -0.39 is 5.60 Å². The number of aliphatic hydroxyl groups is 1. The number of hydrogen-bond acceptors (Lipinski definition) is 3. The molecule has 0 aromatic rings. The molecular formula is C15H27NO2. The lowest BCUT2D eigenvalue weighted by atomic mass is 9.93. The molecule has 2 heterocycles. The third kappa shape index (κ3) is 2.73. The van der Waals surface area contributed by atoms with Gasteiger partial charge < -0.3 is 14.7 Å². The van der Waals surface area contributed by atoms with E-state index in [1.807, 2.05) is 6.92 Å². The van der Waals surface area contributed by atoms with Crippen molar-refractivity contribution in [3.8, 4) is 0 Å². The molecule has 0 amide bonds. The maximum atomic E-state index is 9.96. The van der Waals surface area contributed by atoms with Gasteiger partial charge in [-0.15, -0.1) is 0 Å². The van der Waals surface area contributed by atoms with Gasteiger partial charge in [0.25, 0.3) is 0 Å². The van der Waals surface area contributed by atoms with Crippen LogP contribution in [0.3, 0.4) is 0 Å². The second-order valence-electron chi connectivity index (χ2n) is 6.97. The standard InChI is InChI=1S/C15H27NO2/c1-14(17)8-10-16(11-9-14)12-13-4-7-15(18-13)5-2-3-6-15/h13,17H,2-12H2,1H3. The highest BCUT2D eigenvalue weighted by Crippen LogP contribution is 2.43. The van der Waals surface area contributed by atoms with Crippen molar-refractivity contribution < 1.29 is 9.84 Å². The lowest BCUT2D eigenvalue weighted by molar-refractivity contribution is -0.0609. The highest BCUT2D eigenvalue weighted by Gasteiger charge is 2.42. The molecule has 1 unspecified atom stereocenters. The molecule has 2 saturated heterocycles. The van der Waals surface area contributed by atoms with Crippen molar-refractivity contribution in [3.05, 3.63) is 0 Å². The molecule has 1 saturated carbocycles. The SMILES string of the molecule is CC1(O)CCN(CC2CCC3(CCCC3)O2)CC1. The van der Waals surface area contributed by atoms with Crippen molar-refractivity contribution in [2.24, 2.45) is 0 Å². The first-order valence-corrected chi connectivity index (χ1v) is 7.70. The zero-order valence-electron chi connectivity index (χ0n) is 11.7. The molecule has 104 valence electrons. The summed E-state index contributed by atoms with van der Waals surface area (Å²) in [4.78, 5) is 2.48. The van der Waals surface area contributed by atoms with Crippen LogP contribution in [0.25, 0.3) is 0 Å². The maximum Gasteiger partial charge on any atom is 0.0710 e. The highest BCUT2D eigenvalue weighted by atomic mass is 16.5. The molecule has 3 nitrogen and oxygen atoms in total. The third-order valence-electron chi connectivity index (χ3n) is 5.25. The van der Waals surface area contributed by atoms with Gasteiger partial charge in [0.2, 0.25) is 0 Å². The van der Waals surface area contributed by atoms with Crippen molar-refractivity contribution in [2.75, 3.05) is 19.6 Å². The monoisotopic (exact) mass is 253 g/mol. The van der Waals surface area contributed by atoms with Gasteiger partial charge in [-0.05, 0) is 45.4 Å². The van der Waals surface area contributed by atoms with Crippen molar-refractivity contribution in [2.45, 2.75) is 75.6 Å². The van der Waals surface area contributed by atoms with Crippen LogP contribution in [0.4, 0.5) is 0 Å². The predicted octanol–water partition coefficient (Wildman–Crippen LogP) is 2.33. The van der Waals surface area contributed by atoms with E-state index >= 15 is 0 Å². The molecule has 1 N–H and O–H groups in total. The molecule has 3 heteroatoms. The first-order valence-electron chi connectivity index (χ1n) is 7.70. The first kappa shape index (κ1) is 12.9. The van der Waals surface area contributed by atoms with E-state index in [0.29, 0.717) is 6.10 Å². The molecule has 3 fully saturated rings. The van der Waals surface area contributed by atoms with E-state index in [1.54, 1.807) is 0 Å². The highest BCUT2D eigenvalue weighted by molar-refractivity contribution is 4.94. The quantitative estimate of drug-likeness (QED) is 0.820. The lowest BCUT2D eigenvalue weighted by Gasteiger charge is -2.37. The summed E-state index contributed by atoms with van der Waals surface area (Å²) < 4.78 is 6.36. The summed E-state index contributed by atoms with van der Waals surface area (Å²) in [5.41, 5.74) is -0.161. The molecule has 1 aliphatic carbocycles. The fourth-order valence-corrected chi connectivity index (χ4v) is 3.92. The molecule has 18 heavy (non-hydrogen) atoms. The van der Waals surface area contributed by atoms with E-state index in [-0.39, 0.29) is 5.60 Å². The van der Waals surface area contributed by atoms with Crippen LogP contribution >= 0.6 is 0 Å². The zero-order chi connectivity index (χ0) is 12.6. The fraction of sp³-hybridized carbons (Fsp3) is 1.00. The minimum Gasteiger partial charge on any atom is -0.390 e. The van der Waals surface area contributed by atoms with Crippen molar-refractivity contribution >= 4 is 0 Å². The van der Waals surface area contributed by atoms with Crippen LogP contribution in [0.15, 0.2) is 0 Å². The topological polar surface area (TPSA) is 32.7 Å². The average Bonchev–Trinajstić information content (AvgIpc) is 2.93. The second-order valence-corrected chi connectivity index (χ2v) is 6.97. The number of ether oxygens (including phenoxy) is 1. The largest absolute Gasteiger partial charge is 0.390 e. The molecule has 1 atom stereocenters. The van der Waals surface area contributed by atoms with Crippen molar-refractivity contribution in [3.63, 3.8) is 0 Å². The number of rotatable bonds is 2. The van der Waals surface area contributed by atoms with Crippen LogP contribution in [0.5, 0.6) is 0 Å². The number of hydrogen-bond donors (Lipinski definition) is 1. The number of piperidine rings is 1. The summed E-state index contributed by atoms with van der Waals surface area (Å²) in [6, 6.07) is 0. The Morgan fingerprint density at radius 1 is 1.11 bits per heavy atom. The molecule has 3 rings (SSSR count). The number of likely N-dealkylation sites (tertiary alicyclic amines) is 1. The average molecular weight is 253 g/mol. The smallest absolute Gasteiger partial charge is 0.0710 e. The van der Waals surface area contributed by atoms with E-state index in [0.717, 1.165) is 32.5 Å². The molecule has 0 bridgehead atoms. The Bertz CT molecular complexity index is 287. The van der Waals surface area contributed by atoms with Crippen molar-refractivity contribution in [1.29, 1.82) is 0 Å². The Labute approximate surface area is 110 Å². The molecule has 2 aliphatic heterocycles. The van der Waals surface area contributed by atoms with Crippen LogP contribution in [0, 0.1) is 0 Å². The Hall–Kier alpha value is -0.120. The van der Waals surface area contributed by atoms with Gasteiger partial charge in [-0.1, -0.05) is 12.8 Å². The van der Waals surface area contributed by atoms with Gasteiger partial charge in [-0.3, -0.25) is 0 Å². The first-order chi connectivity index (χ1) is 8.57. The zero-order valence-corrected chi connectivity index (χ0v) is 11.7. The number of nitrogens with zero attached hydrogens (tertiary/aromatic N) is 1. The van der Waals surface area contributed by atoms with Crippen LogP contribution in [0.2, 0.25) is 0 Å². The van der Waals surface area contributed by atoms with Crippen LogP contribution in [0.1, 0.15) is 58.3 Å². The van der Waals surface area contributed by atoms with E-state index in [2.05, 4.69) is 4.90 Å². The molecule has 1 spiro atoms. The van der Waals surface area contributed by atoms with E-state index in [9.17, 15) is 5.11 Å². The van der Waals surface area contributed by atoms with Gasteiger partial charge in [0.1, 0.15) is 0 Å². The third-order valence-corrected chi connectivity index (χ3v) is 5.25. The normalized spacial score (nSPS) is 35.3. The minimum atomic E-state index is -0.431. The minimum absolute atomic E-state index is 0.270. The predicted molar refractivity (Wildman–Crippen MR) is 71.6 cm³/mol. The van der Waals surface area contributed by atoms with E-state index in [1.165, 1.54) is 38.5 Å². The molecule has 0 aromatic heterocycles. The summed E-state index contributed by atoms with van der Waals surface area (Å²) in [6.07, 6.45) is 10.1. The maximum absolute atomic E-state index is 9.96. The lowest BCUT2D eigenvalue weighted by Crippen LogP contribution is -2.45.